The molecule has 4 N–H and O–H groups in total. The van der Waals surface area contributed by atoms with Gasteiger partial charge in [-0.05, 0) is 153 Å². The number of aromatic carboxylic acids is 1. The molecule has 3 aromatic heterocycles. The molecule has 0 bridgehead atoms. The van der Waals surface area contributed by atoms with Crippen molar-refractivity contribution in [1.82, 2.24) is 30.0 Å². The number of nitrogens with zero attached hydrogens (tertiary/aromatic N) is 6. The van der Waals surface area contributed by atoms with Crippen molar-refractivity contribution in [2.45, 2.75) is 70.8 Å². The highest BCUT2D eigenvalue weighted by molar-refractivity contribution is 7.22. The molecule has 72 heavy (non-hydrogen) atoms. The number of hydrogen-bond acceptors (Lipinski definition) is 12. The third kappa shape index (κ3) is 9.29. The highest BCUT2D eigenvalue weighted by Gasteiger charge is 2.42. The standard InChI is InChI=1S/C55H55N9O7S/c1-32-36(37-15-17-46(58-50(37)53(69)70)64-24-20-34-7-5-9-38(41(34)29-64)51(67)60-54-57-42-10-3-4-12-45(42)72-54)8-6-11-44(32)71-31-33-19-21-55(28-33)22-25-63(26-23-55)30-48(66)56-35-13-14-39-43(27-35)62(2)61-49(39)40-16-18-47(65)59-52(40)68/h3-15,17,27,33,40H,16,18-26,28-31H2,1-2H3,(H,56,66)(H,69,70)(H,57,60,67)(H,59,65,68)/t33-,40?/m1/s1. The molecule has 3 aliphatic heterocycles. The summed E-state index contributed by atoms with van der Waals surface area (Å²) in [5, 5.41) is 25.0. The summed E-state index contributed by atoms with van der Waals surface area (Å²) >= 11 is 1.43. The van der Waals surface area contributed by atoms with Gasteiger partial charge in [-0.2, -0.15) is 5.10 Å². The van der Waals surface area contributed by atoms with Crippen LogP contribution in [0.3, 0.4) is 0 Å². The number of aromatic nitrogens is 4. The maximum atomic E-state index is 13.7. The third-order valence-electron chi connectivity index (χ3n) is 15.3. The summed E-state index contributed by atoms with van der Waals surface area (Å²) in [4.78, 5) is 77.7. The number of carboxylic acid groups (broad SMARTS) is 1. The summed E-state index contributed by atoms with van der Waals surface area (Å²) in [5.74, 6) is -0.904. The Bertz CT molecular complexity index is 3290. The summed E-state index contributed by atoms with van der Waals surface area (Å²) in [7, 11) is 1.81. The van der Waals surface area contributed by atoms with Crippen LogP contribution in [0.1, 0.15) is 94.1 Å². The summed E-state index contributed by atoms with van der Waals surface area (Å²) in [6.07, 6.45) is 6.64. The number of amides is 4. The van der Waals surface area contributed by atoms with Gasteiger partial charge in [0.05, 0.1) is 40.5 Å². The van der Waals surface area contributed by atoms with Gasteiger partial charge in [-0.25, -0.2) is 14.8 Å². The van der Waals surface area contributed by atoms with Crippen LogP contribution in [-0.4, -0.2) is 92.1 Å². The van der Waals surface area contributed by atoms with E-state index in [0.29, 0.717) is 78.5 Å². The lowest BCUT2D eigenvalue weighted by Crippen LogP contribution is -2.42. The zero-order chi connectivity index (χ0) is 49.7. The normalized spacial score (nSPS) is 18.8. The second-order valence-electron chi connectivity index (χ2n) is 19.8. The Kier molecular flexibility index (Phi) is 12.5. The number of thiazole rings is 1. The first-order valence-electron chi connectivity index (χ1n) is 24.7. The highest BCUT2D eigenvalue weighted by atomic mass is 32.1. The van der Waals surface area contributed by atoms with E-state index in [2.05, 4.69) is 30.9 Å². The minimum atomic E-state index is -1.13. The molecule has 2 atom stereocenters. The van der Waals surface area contributed by atoms with Gasteiger partial charge in [0.15, 0.2) is 10.8 Å². The molecule has 0 radical (unpaired) electrons. The fraction of sp³-hybridized carbons (Fsp3) is 0.345. The van der Waals surface area contributed by atoms with Gasteiger partial charge in [0, 0.05) is 48.8 Å². The molecule has 7 aromatic rings. The molecule has 1 unspecified atom stereocenters. The van der Waals surface area contributed by atoms with Gasteiger partial charge in [-0.3, -0.25) is 39.4 Å². The van der Waals surface area contributed by atoms with E-state index in [-0.39, 0.29) is 41.2 Å². The predicted octanol–water partition coefficient (Wildman–Crippen LogP) is 8.49. The largest absolute Gasteiger partial charge is 0.493 e. The number of aryl methyl sites for hydroxylation is 1. The second kappa shape index (κ2) is 19.3. The number of ether oxygens (including phenoxy) is 1. The minimum Gasteiger partial charge on any atom is -0.493 e. The monoisotopic (exact) mass is 985 g/mol. The van der Waals surface area contributed by atoms with Crippen molar-refractivity contribution in [2.75, 3.05) is 48.3 Å². The van der Waals surface area contributed by atoms with Crippen molar-refractivity contribution in [2.24, 2.45) is 18.4 Å². The highest BCUT2D eigenvalue weighted by Crippen LogP contribution is 2.49. The van der Waals surface area contributed by atoms with Crippen LogP contribution < -0.4 is 25.6 Å². The number of carboxylic acids is 1. The van der Waals surface area contributed by atoms with E-state index >= 15 is 0 Å². The Labute approximate surface area is 419 Å². The van der Waals surface area contributed by atoms with Crippen molar-refractivity contribution >= 4 is 78.7 Å². The van der Waals surface area contributed by atoms with Crippen LogP contribution in [0.25, 0.3) is 32.2 Å². The summed E-state index contributed by atoms with van der Waals surface area (Å²) < 4.78 is 9.25. The van der Waals surface area contributed by atoms with E-state index in [1.807, 2.05) is 110 Å². The molecule has 4 aromatic carbocycles. The van der Waals surface area contributed by atoms with Gasteiger partial charge in [0.25, 0.3) is 5.91 Å². The summed E-state index contributed by atoms with van der Waals surface area (Å²) in [6, 6.07) is 28.6. The minimum absolute atomic E-state index is 0.0461. The molecule has 3 fully saturated rings. The lowest BCUT2D eigenvalue weighted by atomic mass is 9.76. The van der Waals surface area contributed by atoms with Gasteiger partial charge in [0.1, 0.15) is 11.6 Å². The molecule has 2 saturated heterocycles. The van der Waals surface area contributed by atoms with E-state index in [4.69, 9.17) is 9.72 Å². The maximum absolute atomic E-state index is 13.7. The van der Waals surface area contributed by atoms with Gasteiger partial charge in [-0.15, -0.1) is 0 Å². The number of carbonyl (C=O) groups excluding carboxylic acids is 4. The van der Waals surface area contributed by atoms with Crippen molar-refractivity contribution in [3.63, 3.8) is 0 Å². The van der Waals surface area contributed by atoms with Crippen molar-refractivity contribution < 1.29 is 33.8 Å². The van der Waals surface area contributed by atoms with E-state index in [9.17, 15) is 29.1 Å². The lowest BCUT2D eigenvalue weighted by Gasteiger charge is -2.39. The van der Waals surface area contributed by atoms with Crippen LogP contribution in [0, 0.1) is 18.3 Å². The number of rotatable bonds is 12. The number of fused-ring (bicyclic) bond motifs is 3. The fourth-order valence-electron chi connectivity index (χ4n) is 11.4. The number of likely N-dealkylation sites (tertiary alicyclic amines) is 1. The Hall–Kier alpha value is -7.50. The first-order valence-corrected chi connectivity index (χ1v) is 25.5. The molecule has 1 spiro atoms. The lowest BCUT2D eigenvalue weighted by molar-refractivity contribution is -0.134. The number of anilines is 3. The Morgan fingerprint density at radius 3 is 2.54 bits per heavy atom. The second-order valence-corrected chi connectivity index (χ2v) is 20.9. The Morgan fingerprint density at radius 1 is 0.889 bits per heavy atom. The van der Waals surface area contributed by atoms with Crippen LogP contribution in [0.5, 0.6) is 5.75 Å². The third-order valence-corrected chi connectivity index (χ3v) is 16.3. The number of nitrogens with one attached hydrogen (secondary N) is 3. The molecule has 17 heteroatoms. The van der Waals surface area contributed by atoms with Crippen LogP contribution >= 0.6 is 11.3 Å². The molecular formula is C55H55N9O7S. The van der Waals surface area contributed by atoms with Gasteiger partial charge < -0.3 is 20.1 Å². The van der Waals surface area contributed by atoms with E-state index in [1.165, 1.54) is 11.3 Å². The van der Waals surface area contributed by atoms with Crippen LogP contribution in [0.4, 0.5) is 16.6 Å². The quantitative estimate of drug-likeness (QED) is 0.0853. The molecule has 4 aliphatic rings. The van der Waals surface area contributed by atoms with E-state index < -0.39 is 11.9 Å². The van der Waals surface area contributed by atoms with Gasteiger partial charge >= 0.3 is 5.97 Å². The Morgan fingerprint density at radius 2 is 1.72 bits per heavy atom. The molecule has 4 amide bonds. The molecule has 16 nitrogen and oxygen atoms in total. The Balaban J connectivity index is 0.690. The van der Waals surface area contributed by atoms with Gasteiger partial charge in [-0.1, -0.05) is 47.7 Å². The van der Waals surface area contributed by atoms with E-state index in [0.717, 1.165) is 94.3 Å². The first kappa shape index (κ1) is 46.9. The number of piperidine rings is 2. The van der Waals surface area contributed by atoms with Crippen molar-refractivity contribution in [3.05, 3.63) is 125 Å². The maximum Gasteiger partial charge on any atom is 0.355 e. The van der Waals surface area contributed by atoms with Crippen LogP contribution in [-0.2, 0) is 34.4 Å². The number of hydrogen-bond donors (Lipinski definition) is 4. The summed E-state index contributed by atoms with van der Waals surface area (Å²) in [5.41, 5.74) is 7.72. The van der Waals surface area contributed by atoms with E-state index in [1.54, 1.807) is 4.68 Å². The molecule has 1 saturated carbocycles. The SMILES string of the molecule is Cc1c(OC[C@@H]2CCC3(CCN(CC(=O)Nc4ccc5c(C6CCC(=O)NC6=O)nn(C)c5c4)CC3)C2)cccc1-c1ccc(N2CCc3cccc(C(=O)Nc4nc5ccccc5s4)c3C2)nc1C(=O)O. The predicted molar refractivity (Wildman–Crippen MR) is 276 cm³/mol. The number of carbonyl (C=O) groups is 5. The zero-order valence-corrected chi connectivity index (χ0v) is 41.0. The number of benzene rings is 4. The van der Waals surface area contributed by atoms with Crippen LogP contribution in [0.2, 0.25) is 0 Å². The van der Waals surface area contributed by atoms with Crippen LogP contribution in [0.15, 0.2) is 91.0 Å². The first-order chi connectivity index (χ1) is 34.9. The molecular weight excluding hydrogens is 931 g/mol. The smallest absolute Gasteiger partial charge is 0.355 e. The zero-order valence-electron chi connectivity index (χ0n) is 40.2. The van der Waals surface area contributed by atoms with Crippen molar-refractivity contribution in [3.8, 4) is 16.9 Å². The number of imide groups is 1. The summed E-state index contributed by atoms with van der Waals surface area (Å²) in [6.45, 7) is 5.52. The van der Waals surface area contributed by atoms with Gasteiger partial charge in [0.2, 0.25) is 17.7 Å². The number of para-hydroxylation sites is 1. The van der Waals surface area contributed by atoms with Crippen molar-refractivity contribution in [1.29, 1.82) is 0 Å². The average molecular weight is 986 g/mol. The topological polar surface area (TPSA) is 201 Å². The average Bonchev–Trinajstić information content (AvgIpc) is 4.08. The molecule has 11 rings (SSSR count). The fourth-order valence-corrected chi connectivity index (χ4v) is 12.3. The molecule has 368 valence electrons. The molecule has 6 heterocycles. The number of pyridine rings is 1. The molecule has 1 aliphatic carbocycles.